The Labute approximate surface area is 93.3 Å². The number of amides is 1. The molecule has 0 spiro atoms. The molecule has 0 saturated heterocycles. The van der Waals surface area contributed by atoms with E-state index in [1.54, 1.807) is 0 Å². The highest BCUT2D eigenvalue weighted by Crippen LogP contribution is 1.97. The minimum absolute atomic E-state index is 0.0393. The van der Waals surface area contributed by atoms with Gasteiger partial charge in [0, 0.05) is 12.2 Å². The largest absolute Gasteiger partial charge is 0.478 e. The van der Waals surface area contributed by atoms with Crippen molar-refractivity contribution < 1.29 is 14.7 Å². The predicted molar refractivity (Wildman–Crippen MR) is 57.1 cm³/mol. The average molecular weight is 225 g/mol. The number of hydrogen-bond donors (Lipinski definition) is 2. The van der Waals surface area contributed by atoms with Crippen LogP contribution in [-0.4, -0.2) is 32.8 Å². The lowest BCUT2D eigenvalue weighted by Crippen LogP contribution is -2.34. The number of aromatic carboxylic acids is 1. The van der Waals surface area contributed by atoms with Gasteiger partial charge in [-0.1, -0.05) is 6.92 Å². The Morgan fingerprint density at radius 2 is 2.31 bits per heavy atom. The predicted octanol–water partition coefficient (Wildman–Crippen LogP) is 0.496. The maximum Gasteiger partial charge on any atom is 0.338 e. The van der Waals surface area contributed by atoms with Crippen LogP contribution >= 0.6 is 0 Å². The molecule has 0 aliphatic rings. The van der Waals surface area contributed by atoms with E-state index in [1.807, 2.05) is 13.8 Å². The summed E-state index contributed by atoms with van der Waals surface area (Å²) in [5.41, 5.74) is 0.0799. The molecule has 2 N–H and O–H groups in total. The number of nitrogens with one attached hydrogen (secondary N) is 1. The van der Waals surface area contributed by atoms with Crippen LogP contribution in [0.15, 0.2) is 12.4 Å². The summed E-state index contributed by atoms with van der Waals surface area (Å²) in [5, 5.41) is 15.2. The van der Waals surface area contributed by atoms with Crippen molar-refractivity contribution in [3.05, 3.63) is 18.0 Å². The van der Waals surface area contributed by atoms with Crippen molar-refractivity contribution >= 4 is 11.9 Å². The van der Waals surface area contributed by atoms with Gasteiger partial charge in [-0.05, 0) is 13.3 Å². The summed E-state index contributed by atoms with van der Waals surface area (Å²) >= 11 is 0. The molecule has 0 aromatic carbocycles. The van der Waals surface area contributed by atoms with Gasteiger partial charge in [-0.2, -0.15) is 5.10 Å². The fourth-order valence-corrected chi connectivity index (χ4v) is 1.13. The molecule has 1 aromatic heterocycles. The van der Waals surface area contributed by atoms with Crippen LogP contribution in [0.1, 0.15) is 30.6 Å². The lowest BCUT2D eigenvalue weighted by molar-refractivity contribution is -0.122. The summed E-state index contributed by atoms with van der Waals surface area (Å²) in [6.07, 6.45) is 3.41. The van der Waals surface area contributed by atoms with Gasteiger partial charge in [-0.15, -0.1) is 0 Å². The molecule has 0 aliphatic heterocycles. The zero-order chi connectivity index (χ0) is 12.1. The Balaban J connectivity index is 2.53. The monoisotopic (exact) mass is 225 g/mol. The topological polar surface area (TPSA) is 84.2 Å². The second-order valence-electron chi connectivity index (χ2n) is 3.61. The number of aromatic nitrogens is 2. The third-order valence-corrected chi connectivity index (χ3v) is 2.21. The molecule has 0 bridgehead atoms. The second kappa shape index (κ2) is 5.29. The van der Waals surface area contributed by atoms with E-state index in [2.05, 4.69) is 10.4 Å². The number of carboxylic acid groups (broad SMARTS) is 1. The molecule has 1 rings (SSSR count). The molecule has 0 aliphatic carbocycles. The second-order valence-corrected chi connectivity index (χ2v) is 3.61. The molecular formula is C10H15N3O3. The van der Waals surface area contributed by atoms with Gasteiger partial charge in [-0.3, -0.25) is 9.48 Å². The summed E-state index contributed by atoms with van der Waals surface area (Å²) in [7, 11) is 0. The van der Waals surface area contributed by atoms with Crippen molar-refractivity contribution in [3.63, 3.8) is 0 Å². The van der Waals surface area contributed by atoms with E-state index in [9.17, 15) is 9.59 Å². The molecule has 1 heterocycles. The van der Waals surface area contributed by atoms with Crippen LogP contribution in [0.25, 0.3) is 0 Å². The Kier molecular flexibility index (Phi) is 4.04. The van der Waals surface area contributed by atoms with Gasteiger partial charge in [0.05, 0.1) is 11.8 Å². The van der Waals surface area contributed by atoms with Crippen LogP contribution in [0.5, 0.6) is 0 Å². The number of nitrogens with zero attached hydrogens (tertiary/aromatic N) is 2. The van der Waals surface area contributed by atoms with E-state index in [0.29, 0.717) is 0 Å². The van der Waals surface area contributed by atoms with Crippen molar-refractivity contribution in [2.45, 2.75) is 32.9 Å². The molecule has 0 fully saturated rings. The lowest BCUT2D eigenvalue weighted by Gasteiger charge is -2.10. The Morgan fingerprint density at radius 3 is 2.81 bits per heavy atom. The van der Waals surface area contributed by atoms with E-state index < -0.39 is 5.97 Å². The first-order chi connectivity index (χ1) is 7.52. The van der Waals surface area contributed by atoms with Crippen LogP contribution in [0.4, 0.5) is 0 Å². The summed E-state index contributed by atoms with van der Waals surface area (Å²) in [6.45, 7) is 3.92. The van der Waals surface area contributed by atoms with Gasteiger partial charge in [0.25, 0.3) is 0 Å². The fraction of sp³-hybridized carbons (Fsp3) is 0.500. The van der Waals surface area contributed by atoms with Gasteiger partial charge < -0.3 is 10.4 Å². The molecule has 6 heteroatoms. The van der Waals surface area contributed by atoms with Crippen molar-refractivity contribution in [1.82, 2.24) is 15.1 Å². The highest BCUT2D eigenvalue weighted by molar-refractivity contribution is 5.87. The van der Waals surface area contributed by atoms with Crippen LogP contribution in [0.2, 0.25) is 0 Å². The average Bonchev–Trinajstić information content (AvgIpc) is 2.65. The summed E-state index contributed by atoms with van der Waals surface area (Å²) < 4.78 is 1.31. The number of carbonyl (C=O) groups excluding carboxylic acids is 1. The Hall–Kier alpha value is -1.85. The summed E-state index contributed by atoms with van der Waals surface area (Å²) in [4.78, 5) is 22.0. The molecule has 1 atom stereocenters. The normalized spacial score (nSPS) is 12.1. The molecular weight excluding hydrogens is 210 g/mol. The van der Waals surface area contributed by atoms with E-state index in [-0.39, 0.29) is 24.1 Å². The fourth-order valence-electron chi connectivity index (χ4n) is 1.13. The standard InChI is InChI=1S/C10H15N3O3/c1-3-7(2)12-9(14)6-13-5-8(4-11-13)10(15)16/h4-5,7H,3,6H2,1-2H3,(H,12,14)(H,15,16). The molecule has 6 nitrogen and oxygen atoms in total. The minimum Gasteiger partial charge on any atom is -0.478 e. The summed E-state index contributed by atoms with van der Waals surface area (Å²) in [5.74, 6) is -1.22. The maximum absolute atomic E-state index is 11.4. The van der Waals surface area contributed by atoms with Crippen LogP contribution in [0.3, 0.4) is 0 Å². The zero-order valence-corrected chi connectivity index (χ0v) is 9.30. The molecule has 0 radical (unpaired) electrons. The van der Waals surface area contributed by atoms with Crippen LogP contribution in [-0.2, 0) is 11.3 Å². The quantitative estimate of drug-likeness (QED) is 0.764. The molecule has 0 saturated carbocycles. The smallest absolute Gasteiger partial charge is 0.338 e. The first-order valence-corrected chi connectivity index (χ1v) is 5.08. The number of rotatable bonds is 5. The van der Waals surface area contributed by atoms with Gasteiger partial charge >= 0.3 is 5.97 Å². The number of carboxylic acids is 1. The van der Waals surface area contributed by atoms with Crippen molar-refractivity contribution in [2.24, 2.45) is 0 Å². The van der Waals surface area contributed by atoms with E-state index >= 15 is 0 Å². The summed E-state index contributed by atoms with van der Waals surface area (Å²) in [6, 6.07) is 0.113. The van der Waals surface area contributed by atoms with Gasteiger partial charge in [-0.25, -0.2) is 4.79 Å². The highest BCUT2D eigenvalue weighted by Gasteiger charge is 2.09. The van der Waals surface area contributed by atoms with Gasteiger partial charge in [0.1, 0.15) is 6.54 Å². The first-order valence-electron chi connectivity index (χ1n) is 5.08. The molecule has 1 amide bonds. The molecule has 88 valence electrons. The van der Waals surface area contributed by atoms with Gasteiger partial charge in [0.2, 0.25) is 5.91 Å². The number of carbonyl (C=O) groups is 2. The van der Waals surface area contributed by atoms with E-state index in [1.165, 1.54) is 17.1 Å². The third kappa shape index (κ3) is 3.38. The minimum atomic E-state index is -1.05. The maximum atomic E-state index is 11.4. The van der Waals surface area contributed by atoms with Crippen molar-refractivity contribution in [3.8, 4) is 0 Å². The van der Waals surface area contributed by atoms with Crippen LogP contribution < -0.4 is 5.32 Å². The zero-order valence-electron chi connectivity index (χ0n) is 9.30. The van der Waals surface area contributed by atoms with Gasteiger partial charge in [0.15, 0.2) is 0 Å². The van der Waals surface area contributed by atoms with Crippen molar-refractivity contribution in [1.29, 1.82) is 0 Å². The van der Waals surface area contributed by atoms with Crippen LogP contribution in [0, 0.1) is 0 Å². The number of hydrogen-bond acceptors (Lipinski definition) is 3. The SMILES string of the molecule is CCC(C)NC(=O)Cn1cc(C(=O)O)cn1. The third-order valence-electron chi connectivity index (χ3n) is 2.21. The van der Waals surface area contributed by atoms with Crippen molar-refractivity contribution in [2.75, 3.05) is 0 Å². The Morgan fingerprint density at radius 1 is 1.62 bits per heavy atom. The molecule has 16 heavy (non-hydrogen) atoms. The lowest BCUT2D eigenvalue weighted by atomic mass is 10.2. The first kappa shape index (κ1) is 12.2. The van der Waals surface area contributed by atoms with E-state index in [4.69, 9.17) is 5.11 Å². The Bertz CT molecular complexity index is 386. The molecule has 1 aromatic rings. The molecule has 1 unspecified atom stereocenters. The highest BCUT2D eigenvalue weighted by atomic mass is 16.4. The van der Waals surface area contributed by atoms with E-state index in [0.717, 1.165) is 6.42 Å².